The molecule has 1 saturated carbocycles. The minimum absolute atomic E-state index is 0. The smallest absolute Gasteiger partial charge is 0.226 e. The Morgan fingerprint density at radius 3 is 2.74 bits per heavy atom. The van der Waals surface area contributed by atoms with Gasteiger partial charge in [-0.25, -0.2) is 0 Å². The Kier molecular flexibility index (Phi) is 4.78. The second kappa shape index (κ2) is 6.01. The van der Waals surface area contributed by atoms with Crippen molar-refractivity contribution in [2.75, 3.05) is 19.6 Å². The number of hydrogen-bond acceptors (Lipinski definition) is 2. The summed E-state index contributed by atoms with van der Waals surface area (Å²) in [7, 11) is 0. The predicted molar refractivity (Wildman–Crippen MR) is 79.5 cm³/mol. The molecule has 1 spiro atoms. The van der Waals surface area contributed by atoms with Gasteiger partial charge < -0.3 is 10.2 Å². The quantitative estimate of drug-likeness (QED) is 0.846. The summed E-state index contributed by atoms with van der Waals surface area (Å²) in [4.78, 5) is 14.9. The van der Waals surface area contributed by atoms with Crippen LogP contribution in [0, 0.1) is 11.3 Å². The summed E-state index contributed by atoms with van der Waals surface area (Å²) in [6.45, 7) is 5.47. The fourth-order valence-electron chi connectivity index (χ4n) is 4.09. The van der Waals surface area contributed by atoms with Gasteiger partial charge >= 0.3 is 0 Å². The Morgan fingerprint density at radius 2 is 2.05 bits per heavy atom. The van der Waals surface area contributed by atoms with Crippen LogP contribution >= 0.6 is 12.4 Å². The average Bonchev–Trinajstić information content (AvgIpc) is 3.12. The van der Waals surface area contributed by atoms with Gasteiger partial charge in [-0.15, -0.1) is 12.4 Å². The molecular weight excluding hydrogens is 260 g/mol. The van der Waals surface area contributed by atoms with Crippen molar-refractivity contribution in [1.29, 1.82) is 0 Å². The van der Waals surface area contributed by atoms with Gasteiger partial charge in [-0.3, -0.25) is 4.79 Å². The molecule has 1 aliphatic carbocycles. The maximum atomic E-state index is 12.7. The normalized spacial score (nSPS) is 32.8. The van der Waals surface area contributed by atoms with Crippen molar-refractivity contribution in [3.05, 3.63) is 0 Å². The molecule has 3 aliphatic rings. The summed E-state index contributed by atoms with van der Waals surface area (Å²) >= 11 is 0. The van der Waals surface area contributed by atoms with E-state index in [1.54, 1.807) is 0 Å². The fourth-order valence-corrected chi connectivity index (χ4v) is 4.09. The van der Waals surface area contributed by atoms with E-state index in [0.29, 0.717) is 23.3 Å². The molecule has 1 N–H and O–H groups in total. The number of piperidine rings is 2. The molecule has 0 aromatic heterocycles. The van der Waals surface area contributed by atoms with Crippen LogP contribution in [0.2, 0.25) is 0 Å². The first kappa shape index (κ1) is 15.1. The first-order chi connectivity index (χ1) is 8.77. The zero-order chi connectivity index (χ0) is 12.6. The van der Waals surface area contributed by atoms with Crippen LogP contribution in [0.25, 0.3) is 0 Å². The zero-order valence-electron chi connectivity index (χ0n) is 12.0. The van der Waals surface area contributed by atoms with Gasteiger partial charge in [0.15, 0.2) is 0 Å². The second-order valence-corrected chi connectivity index (χ2v) is 6.46. The number of rotatable bonds is 2. The molecule has 3 nitrogen and oxygen atoms in total. The van der Waals surface area contributed by atoms with Crippen LogP contribution < -0.4 is 5.32 Å². The van der Waals surface area contributed by atoms with E-state index < -0.39 is 0 Å². The van der Waals surface area contributed by atoms with Crippen LogP contribution in [0.4, 0.5) is 0 Å². The summed E-state index contributed by atoms with van der Waals surface area (Å²) in [5.74, 6) is 0.857. The Labute approximate surface area is 122 Å². The van der Waals surface area contributed by atoms with Crippen molar-refractivity contribution in [3.63, 3.8) is 0 Å². The van der Waals surface area contributed by atoms with Gasteiger partial charge in [0.2, 0.25) is 5.91 Å². The standard InChI is InChI=1S/C15H26N2O.ClH/c1-2-12-5-3-4-10-17(12)14(18)13-11-15(13)6-8-16-9-7-15;/h12-13,16H,2-11H2,1H3;1H. The van der Waals surface area contributed by atoms with Gasteiger partial charge in [0.05, 0.1) is 0 Å². The average molecular weight is 287 g/mol. The summed E-state index contributed by atoms with van der Waals surface area (Å²) in [6.07, 6.45) is 8.48. The van der Waals surface area contributed by atoms with Gasteiger partial charge in [-0.05, 0) is 63.5 Å². The molecule has 19 heavy (non-hydrogen) atoms. The van der Waals surface area contributed by atoms with E-state index in [2.05, 4.69) is 17.1 Å². The Balaban J connectivity index is 0.00000133. The number of nitrogens with zero attached hydrogens (tertiary/aromatic N) is 1. The lowest BCUT2D eigenvalue weighted by Gasteiger charge is -2.36. The number of nitrogens with one attached hydrogen (secondary N) is 1. The molecule has 3 rings (SSSR count). The maximum Gasteiger partial charge on any atom is 0.226 e. The summed E-state index contributed by atoms with van der Waals surface area (Å²) in [6, 6.07) is 0.533. The molecule has 110 valence electrons. The molecule has 3 fully saturated rings. The molecule has 2 atom stereocenters. The van der Waals surface area contributed by atoms with Crippen LogP contribution in [-0.2, 0) is 4.79 Å². The molecule has 2 unspecified atom stereocenters. The lowest BCUT2D eigenvalue weighted by molar-refractivity contribution is -0.137. The minimum atomic E-state index is 0. The third kappa shape index (κ3) is 2.78. The van der Waals surface area contributed by atoms with Crippen molar-refractivity contribution in [2.24, 2.45) is 11.3 Å². The molecular formula is C15H27ClN2O. The van der Waals surface area contributed by atoms with Crippen LogP contribution in [0.1, 0.15) is 51.9 Å². The van der Waals surface area contributed by atoms with Gasteiger partial charge in [0, 0.05) is 18.5 Å². The highest BCUT2D eigenvalue weighted by molar-refractivity contribution is 5.85. The molecule has 4 heteroatoms. The minimum Gasteiger partial charge on any atom is -0.339 e. The van der Waals surface area contributed by atoms with Crippen molar-refractivity contribution < 1.29 is 4.79 Å². The first-order valence-electron chi connectivity index (χ1n) is 7.78. The number of halogens is 1. The lowest BCUT2D eigenvalue weighted by Crippen LogP contribution is -2.45. The number of carbonyl (C=O) groups excluding carboxylic acids is 1. The van der Waals surface area contributed by atoms with Crippen LogP contribution in [0.15, 0.2) is 0 Å². The van der Waals surface area contributed by atoms with Crippen LogP contribution in [0.5, 0.6) is 0 Å². The zero-order valence-corrected chi connectivity index (χ0v) is 12.8. The van der Waals surface area contributed by atoms with Gasteiger partial charge in [0.25, 0.3) is 0 Å². The molecule has 2 saturated heterocycles. The number of hydrogen-bond donors (Lipinski definition) is 1. The molecule has 1 amide bonds. The SMILES string of the molecule is CCC1CCCCN1C(=O)C1CC12CCNCC2.Cl. The highest BCUT2D eigenvalue weighted by atomic mass is 35.5. The van der Waals surface area contributed by atoms with Crippen LogP contribution in [-0.4, -0.2) is 36.5 Å². The topological polar surface area (TPSA) is 32.3 Å². The fraction of sp³-hybridized carbons (Fsp3) is 0.933. The van der Waals surface area contributed by atoms with E-state index in [0.717, 1.165) is 26.1 Å². The van der Waals surface area contributed by atoms with Crippen molar-refractivity contribution in [2.45, 2.75) is 57.9 Å². The Hall–Kier alpha value is -0.280. The van der Waals surface area contributed by atoms with Crippen LogP contribution in [0.3, 0.4) is 0 Å². The van der Waals surface area contributed by atoms with Crippen molar-refractivity contribution in [3.8, 4) is 0 Å². The summed E-state index contributed by atoms with van der Waals surface area (Å²) < 4.78 is 0. The third-order valence-corrected chi connectivity index (χ3v) is 5.47. The van der Waals surface area contributed by atoms with E-state index in [9.17, 15) is 4.79 Å². The largest absolute Gasteiger partial charge is 0.339 e. The monoisotopic (exact) mass is 286 g/mol. The summed E-state index contributed by atoms with van der Waals surface area (Å²) in [5.41, 5.74) is 0.401. The number of carbonyl (C=O) groups is 1. The highest BCUT2D eigenvalue weighted by Crippen LogP contribution is 2.59. The molecule has 0 radical (unpaired) electrons. The van der Waals surface area contributed by atoms with Gasteiger partial charge in [-0.1, -0.05) is 6.92 Å². The molecule has 2 aliphatic heterocycles. The van der Waals surface area contributed by atoms with E-state index >= 15 is 0 Å². The van der Waals surface area contributed by atoms with Gasteiger partial charge in [-0.2, -0.15) is 0 Å². The Bertz CT molecular complexity index is 328. The van der Waals surface area contributed by atoms with E-state index in [-0.39, 0.29) is 12.4 Å². The molecule has 2 heterocycles. The van der Waals surface area contributed by atoms with Crippen molar-refractivity contribution >= 4 is 18.3 Å². The second-order valence-electron chi connectivity index (χ2n) is 6.46. The molecule has 0 bridgehead atoms. The Morgan fingerprint density at radius 1 is 1.32 bits per heavy atom. The maximum absolute atomic E-state index is 12.7. The molecule has 0 aromatic carbocycles. The molecule has 0 aromatic rings. The van der Waals surface area contributed by atoms with E-state index in [4.69, 9.17) is 0 Å². The summed E-state index contributed by atoms with van der Waals surface area (Å²) in [5, 5.41) is 3.41. The van der Waals surface area contributed by atoms with E-state index in [1.807, 2.05) is 0 Å². The van der Waals surface area contributed by atoms with Crippen molar-refractivity contribution in [1.82, 2.24) is 10.2 Å². The lowest BCUT2D eigenvalue weighted by atomic mass is 9.90. The van der Waals surface area contributed by atoms with E-state index in [1.165, 1.54) is 38.5 Å². The number of amides is 1. The number of likely N-dealkylation sites (tertiary alicyclic amines) is 1. The predicted octanol–water partition coefficient (Wildman–Crippen LogP) is 2.59. The first-order valence-corrected chi connectivity index (χ1v) is 7.78. The highest BCUT2D eigenvalue weighted by Gasteiger charge is 2.58. The third-order valence-electron chi connectivity index (χ3n) is 5.47. The van der Waals surface area contributed by atoms with Gasteiger partial charge in [0.1, 0.15) is 0 Å².